The van der Waals surface area contributed by atoms with Crippen molar-refractivity contribution in [3.63, 3.8) is 0 Å². The van der Waals surface area contributed by atoms with Gasteiger partial charge in [0.1, 0.15) is 4.21 Å². The molecule has 3 aromatic rings. The van der Waals surface area contributed by atoms with Crippen LogP contribution in [0.25, 0.3) is 10.8 Å². The lowest BCUT2D eigenvalue weighted by Crippen LogP contribution is -2.36. The minimum atomic E-state index is -3.82. The van der Waals surface area contributed by atoms with Crippen molar-refractivity contribution in [3.05, 3.63) is 64.0 Å². The van der Waals surface area contributed by atoms with Crippen LogP contribution in [-0.2, 0) is 38.9 Å². The third kappa shape index (κ3) is 4.28. The minimum absolute atomic E-state index is 0.00500. The Morgan fingerprint density at radius 2 is 1.91 bits per heavy atom. The SMILES string of the molecule is COC(=O)c1c(S(=O)(=O)NC2CC2)sc2c1CCN(C(=O)Cc1cccc3ccccc13)C2. The molecule has 2 aliphatic rings. The number of carbonyl (C=O) groups is 2. The Kier molecular flexibility index (Phi) is 5.72. The van der Waals surface area contributed by atoms with E-state index in [0.717, 1.165) is 45.4 Å². The fraction of sp³-hybridized carbons (Fsp3) is 0.333. The molecule has 1 N–H and O–H groups in total. The Bertz CT molecular complexity index is 1350. The van der Waals surface area contributed by atoms with Crippen LogP contribution in [0.4, 0.5) is 0 Å². The third-order valence-corrected chi connectivity index (χ3v) is 9.39. The van der Waals surface area contributed by atoms with Gasteiger partial charge in [0.2, 0.25) is 5.91 Å². The number of thiophene rings is 1. The summed E-state index contributed by atoms with van der Waals surface area (Å²) in [7, 11) is -2.57. The van der Waals surface area contributed by atoms with E-state index in [4.69, 9.17) is 4.74 Å². The van der Waals surface area contributed by atoms with Gasteiger partial charge in [-0.1, -0.05) is 42.5 Å². The molecule has 0 spiro atoms. The van der Waals surface area contributed by atoms with Crippen LogP contribution >= 0.6 is 11.3 Å². The van der Waals surface area contributed by atoms with E-state index in [1.165, 1.54) is 7.11 Å². The molecule has 33 heavy (non-hydrogen) atoms. The number of benzene rings is 2. The summed E-state index contributed by atoms with van der Waals surface area (Å²) in [6.07, 6.45) is 2.28. The van der Waals surface area contributed by atoms with Crippen LogP contribution < -0.4 is 4.72 Å². The molecule has 9 heteroatoms. The Hall–Kier alpha value is -2.75. The van der Waals surface area contributed by atoms with Gasteiger partial charge in [0.15, 0.2) is 0 Å². The Morgan fingerprint density at radius 3 is 2.67 bits per heavy atom. The predicted molar refractivity (Wildman–Crippen MR) is 126 cm³/mol. The summed E-state index contributed by atoms with van der Waals surface area (Å²) < 4.78 is 33.4. The van der Waals surface area contributed by atoms with Crippen molar-refractivity contribution < 1.29 is 22.7 Å². The number of hydrogen-bond acceptors (Lipinski definition) is 6. The van der Waals surface area contributed by atoms with Gasteiger partial charge >= 0.3 is 5.97 Å². The lowest BCUT2D eigenvalue weighted by molar-refractivity contribution is -0.131. The number of methoxy groups -OCH3 is 1. The zero-order valence-electron chi connectivity index (χ0n) is 18.2. The van der Waals surface area contributed by atoms with Gasteiger partial charge in [0.25, 0.3) is 10.0 Å². The van der Waals surface area contributed by atoms with Crippen molar-refractivity contribution in [1.82, 2.24) is 9.62 Å². The zero-order valence-corrected chi connectivity index (χ0v) is 19.8. The molecule has 0 saturated heterocycles. The summed E-state index contributed by atoms with van der Waals surface area (Å²) in [5.41, 5.74) is 1.76. The normalized spacial score (nSPS) is 16.0. The largest absolute Gasteiger partial charge is 0.465 e. The van der Waals surface area contributed by atoms with Crippen molar-refractivity contribution in [3.8, 4) is 0 Å². The molecule has 1 amide bonds. The van der Waals surface area contributed by atoms with Crippen molar-refractivity contribution >= 4 is 44.0 Å². The smallest absolute Gasteiger partial charge is 0.340 e. The van der Waals surface area contributed by atoms with Crippen LogP contribution in [0.5, 0.6) is 0 Å². The number of nitrogens with one attached hydrogen (secondary N) is 1. The summed E-state index contributed by atoms with van der Waals surface area (Å²) in [5, 5.41) is 2.14. The molecule has 0 bridgehead atoms. The van der Waals surface area contributed by atoms with Gasteiger partial charge in [0, 0.05) is 17.5 Å². The molecule has 172 valence electrons. The summed E-state index contributed by atoms with van der Waals surface area (Å²) in [6.45, 7) is 0.708. The molecule has 0 unspecified atom stereocenters. The first kappa shape index (κ1) is 22.1. The van der Waals surface area contributed by atoms with E-state index in [0.29, 0.717) is 18.5 Å². The maximum absolute atomic E-state index is 13.2. The van der Waals surface area contributed by atoms with Gasteiger partial charge in [-0.15, -0.1) is 11.3 Å². The van der Waals surface area contributed by atoms with Crippen molar-refractivity contribution in [2.24, 2.45) is 0 Å². The first-order valence-electron chi connectivity index (χ1n) is 10.9. The van der Waals surface area contributed by atoms with Crippen LogP contribution in [0.3, 0.4) is 0 Å². The molecule has 1 fully saturated rings. The number of sulfonamides is 1. The van der Waals surface area contributed by atoms with E-state index in [1.54, 1.807) is 4.90 Å². The standard InChI is InChI=1S/C24H24N2O5S2/c1-31-23(28)22-19-11-12-26(14-20(19)32-24(22)33(29,30)25-17-9-10-17)21(27)13-16-7-4-6-15-5-2-3-8-18(15)16/h2-8,17,25H,9-14H2,1H3. The molecule has 0 radical (unpaired) electrons. The second-order valence-electron chi connectivity index (χ2n) is 8.43. The number of ether oxygens (including phenoxy) is 1. The Morgan fingerprint density at radius 1 is 1.15 bits per heavy atom. The Balaban J connectivity index is 1.42. The summed E-state index contributed by atoms with van der Waals surface area (Å²) >= 11 is 1.07. The van der Waals surface area contributed by atoms with Crippen LogP contribution in [0.15, 0.2) is 46.7 Å². The van der Waals surface area contributed by atoms with Crippen molar-refractivity contribution in [2.75, 3.05) is 13.7 Å². The molecule has 2 aromatic carbocycles. The lowest BCUT2D eigenvalue weighted by Gasteiger charge is -2.27. The average molecular weight is 485 g/mol. The molecule has 1 aliphatic carbocycles. The van der Waals surface area contributed by atoms with Gasteiger partial charge in [0.05, 0.1) is 25.6 Å². The van der Waals surface area contributed by atoms with Gasteiger partial charge in [-0.3, -0.25) is 4.79 Å². The summed E-state index contributed by atoms with van der Waals surface area (Å²) in [4.78, 5) is 28.1. The number of rotatable bonds is 6. The molecule has 5 rings (SSSR count). The average Bonchev–Trinajstić information content (AvgIpc) is 3.53. The van der Waals surface area contributed by atoms with Gasteiger partial charge < -0.3 is 9.64 Å². The van der Waals surface area contributed by atoms with Crippen LogP contribution in [0.1, 0.15) is 39.2 Å². The number of amides is 1. The number of fused-ring (bicyclic) bond motifs is 2. The number of nitrogens with zero attached hydrogens (tertiary/aromatic N) is 1. The van der Waals surface area contributed by atoms with Gasteiger partial charge in [-0.05, 0) is 41.2 Å². The second kappa shape index (κ2) is 8.55. The van der Waals surface area contributed by atoms with Crippen LogP contribution in [0.2, 0.25) is 0 Å². The number of esters is 1. The maximum atomic E-state index is 13.2. The molecular formula is C24H24N2O5S2. The maximum Gasteiger partial charge on any atom is 0.340 e. The van der Waals surface area contributed by atoms with E-state index in [1.807, 2.05) is 42.5 Å². The predicted octanol–water partition coefficient (Wildman–Crippen LogP) is 3.26. The van der Waals surface area contributed by atoms with Crippen molar-refractivity contribution in [2.45, 2.75) is 42.5 Å². The first-order valence-corrected chi connectivity index (χ1v) is 13.2. The van der Waals surface area contributed by atoms with Gasteiger partial charge in [-0.2, -0.15) is 0 Å². The highest BCUT2D eigenvalue weighted by atomic mass is 32.2. The highest BCUT2D eigenvalue weighted by Gasteiger charge is 2.37. The second-order valence-corrected chi connectivity index (χ2v) is 11.4. The Labute approximate surface area is 196 Å². The molecular weight excluding hydrogens is 460 g/mol. The van der Waals surface area contributed by atoms with E-state index < -0.39 is 16.0 Å². The highest BCUT2D eigenvalue weighted by molar-refractivity contribution is 7.91. The third-order valence-electron chi connectivity index (χ3n) is 6.13. The van der Waals surface area contributed by atoms with Crippen LogP contribution in [-0.4, -0.2) is 44.9 Å². The first-order chi connectivity index (χ1) is 15.9. The molecule has 1 saturated carbocycles. The minimum Gasteiger partial charge on any atom is -0.465 e. The fourth-order valence-corrected chi connectivity index (χ4v) is 7.51. The summed E-state index contributed by atoms with van der Waals surface area (Å²) in [5.74, 6) is -0.676. The van der Waals surface area contributed by atoms with E-state index in [-0.39, 0.29) is 34.7 Å². The molecule has 0 atom stereocenters. The quantitative estimate of drug-likeness (QED) is 0.542. The molecule has 2 heterocycles. The topological polar surface area (TPSA) is 92.8 Å². The molecule has 7 nitrogen and oxygen atoms in total. The molecule has 1 aromatic heterocycles. The monoisotopic (exact) mass is 484 g/mol. The molecule has 1 aliphatic heterocycles. The summed E-state index contributed by atoms with van der Waals surface area (Å²) in [6, 6.07) is 13.8. The number of carbonyl (C=O) groups excluding carboxylic acids is 2. The van der Waals surface area contributed by atoms with Gasteiger partial charge in [-0.25, -0.2) is 17.9 Å². The van der Waals surface area contributed by atoms with Crippen molar-refractivity contribution in [1.29, 1.82) is 0 Å². The zero-order chi connectivity index (χ0) is 23.2. The van der Waals surface area contributed by atoms with E-state index >= 15 is 0 Å². The highest BCUT2D eigenvalue weighted by Crippen LogP contribution is 2.37. The van der Waals surface area contributed by atoms with E-state index in [9.17, 15) is 18.0 Å². The van der Waals surface area contributed by atoms with Crippen LogP contribution in [0, 0.1) is 0 Å². The fourth-order valence-electron chi connectivity index (χ4n) is 4.28. The van der Waals surface area contributed by atoms with E-state index in [2.05, 4.69) is 4.72 Å². The lowest BCUT2D eigenvalue weighted by atomic mass is 10.00. The number of hydrogen-bond donors (Lipinski definition) is 1.